The summed E-state index contributed by atoms with van der Waals surface area (Å²) in [4.78, 5) is 13.0. The van der Waals surface area contributed by atoms with Gasteiger partial charge in [0.15, 0.2) is 0 Å². The quantitative estimate of drug-likeness (QED) is 0.892. The fourth-order valence-electron chi connectivity index (χ4n) is 2.25. The highest BCUT2D eigenvalue weighted by atomic mass is 32.1. The number of hydrogen-bond acceptors (Lipinski definition) is 3. The van der Waals surface area contributed by atoms with Crippen LogP contribution in [0.5, 0.6) is 0 Å². The lowest BCUT2D eigenvalue weighted by atomic mass is 10.2. The number of urea groups is 1. The topological polar surface area (TPSA) is 59.0 Å². The Bertz CT molecular complexity index is 589. The second kappa shape index (κ2) is 6.76. The van der Waals surface area contributed by atoms with Gasteiger partial charge in [0.25, 0.3) is 0 Å². The molecule has 21 heavy (non-hydrogen) atoms. The van der Waals surface area contributed by atoms with Crippen molar-refractivity contribution in [3.05, 3.63) is 39.8 Å². The minimum atomic E-state index is -0.145. The fraction of sp³-hybridized carbons (Fsp3) is 0.467. The lowest BCUT2D eigenvalue weighted by molar-refractivity contribution is 0.237. The van der Waals surface area contributed by atoms with Crippen LogP contribution < -0.4 is 10.6 Å². The molecule has 114 valence electrons. The summed E-state index contributed by atoms with van der Waals surface area (Å²) in [6.07, 6.45) is 0. The summed E-state index contributed by atoms with van der Waals surface area (Å²) in [5.74, 6) is 0. The molecule has 0 saturated heterocycles. The van der Waals surface area contributed by atoms with Gasteiger partial charge in [-0.05, 0) is 45.2 Å². The molecule has 0 radical (unpaired) electrons. The van der Waals surface area contributed by atoms with Crippen LogP contribution in [0.15, 0.2) is 23.6 Å². The predicted octanol–water partition coefficient (Wildman–Crippen LogP) is 2.86. The van der Waals surface area contributed by atoms with Crippen LogP contribution in [0.1, 0.15) is 36.2 Å². The Morgan fingerprint density at radius 1 is 1.43 bits per heavy atom. The Labute approximate surface area is 129 Å². The molecular weight excluding hydrogens is 284 g/mol. The Balaban J connectivity index is 2.15. The molecule has 2 aromatic rings. The van der Waals surface area contributed by atoms with Crippen LogP contribution in [0.25, 0.3) is 0 Å². The highest BCUT2D eigenvalue weighted by Crippen LogP contribution is 2.24. The van der Waals surface area contributed by atoms with Gasteiger partial charge in [-0.25, -0.2) is 4.79 Å². The first-order valence-corrected chi connectivity index (χ1v) is 7.96. The number of carbonyl (C=O) groups is 1. The molecule has 1 unspecified atom stereocenters. The first kappa shape index (κ1) is 15.6. The summed E-state index contributed by atoms with van der Waals surface area (Å²) in [7, 11) is 0. The lowest BCUT2D eigenvalue weighted by Crippen LogP contribution is -2.42. The van der Waals surface area contributed by atoms with Crippen molar-refractivity contribution in [1.29, 1.82) is 0 Å². The van der Waals surface area contributed by atoms with Gasteiger partial charge >= 0.3 is 6.03 Å². The maximum absolute atomic E-state index is 11.8. The number of thiophene rings is 1. The first-order chi connectivity index (χ1) is 9.97. The van der Waals surface area contributed by atoms with Crippen LogP contribution in [-0.4, -0.2) is 28.4 Å². The summed E-state index contributed by atoms with van der Waals surface area (Å²) >= 11 is 1.68. The summed E-state index contributed by atoms with van der Waals surface area (Å²) in [6, 6.07) is 6.15. The third-order valence-corrected chi connectivity index (χ3v) is 4.06. The third-order valence-electron chi connectivity index (χ3n) is 3.09. The SMILES string of the molecule is Cc1cc(C)n(C(CNC(=O)NC(C)C)c2cccs2)n1. The van der Waals surface area contributed by atoms with E-state index in [2.05, 4.69) is 27.9 Å². The smallest absolute Gasteiger partial charge is 0.315 e. The summed E-state index contributed by atoms with van der Waals surface area (Å²) in [5, 5.41) is 12.4. The average molecular weight is 306 g/mol. The normalized spacial score (nSPS) is 12.4. The van der Waals surface area contributed by atoms with E-state index in [9.17, 15) is 4.79 Å². The zero-order valence-electron chi connectivity index (χ0n) is 12.9. The maximum atomic E-state index is 11.8. The van der Waals surface area contributed by atoms with Crippen LogP contribution >= 0.6 is 11.3 Å². The number of carbonyl (C=O) groups excluding carboxylic acids is 1. The highest BCUT2D eigenvalue weighted by molar-refractivity contribution is 7.10. The molecule has 2 heterocycles. The number of aryl methyl sites for hydroxylation is 2. The van der Waals surface area contributed by atoms with Crippen LogP contribution in [0.3, 0.4) is 0 Å². The van der Waals surface area contributed by atoms with Crippen LogP contribution in [0.2, 0.25) is 0 Å². The molecule has 5 nitrogen and oxygen atoms in total. The van der Waals surface area contributed by atoms with E-state index < -0.39 is 0 Å². The van der Waals surface area contributed by atoms with Crippen molar-refractivity contribution >= 4 is 17.4 Å². The van der Waals surface area contributed by atoms with Gasteiger partial charge in [0.1, 0.15) is 6.04 Å². The first-order valence-electron chi connectivity index (χ1n) is 7.08. The number of nitrogens with one attached hydrogen (secondary N) is 2. The number of aromatic nitrogens is 2. The van der Waals surface area contributed by atoms with Crippen LogP contribution in [0.4, 0.5) is 4.79 Å². The minimum Gasteiger partial charge on any atom is -0.336 e. The molecule has 2 rings (SSSR count). The molecule has 2 amide bonds. The maximum Gasteiger partial charge on any atom is 0.315 e. The second-order valence-corrected chi connectivity index (χ2v) is 6.39. The minimum absolute atomic E-state index is 0.0246. The molecule has 0 fully saturated rings. The van der Waals surface area contributed by atoms with Gasteiger partial charge in [0, 0.05) is 23.2 Å². The Kier molecular flexibility index (Phi) is 5.01. The largest absolute Gasteiger partial charge is 0.336 e. The van der Waals surface area contributed by atoms with Crippen LogP contribution in [0, 0.1) is 13.8 Å². The third kappa shape index (κ3) is 4.07. The van der Waals surface area contributed by atoms with Gasteiger partial charge in [-0.1, -0.05) is 6.07 Å². The van der Waals surface area contributed by atoms with Crippen LogP contribution in [-0.2, 0) is 0 Å². The Morgan fingerprint density at radius 3 is 2.71 bits per heavy atom. The van der Waals surface area contributed by atoms with Gasteiger partial charge in [-0.2, -0.15) is 5.10 Å². The number of amides is 2. The zero-order chi connectivity index (χ0) is 15.4. The predicted molar refractivity (Wildman–Crippen MR) is 85.8 cm³/mol. The molecule has 0 spiro atoms. The summed E-state index contributed by atoms with van der Waals surface area (Å²) < 4.78 is 1.98. The lowest BCUT2D eigenvalue weighted by Gasteiger charge is -2.19. The van der Waals surface area contributed by atoms with E-state index in [0.717, 1.165) is 11.4 Å². The number of rotatable bonds is 5. The Hall–Kier alpha value is -1.82. The van der Waals surface area contributed by atoms with Crippen molar-refractivity contribution in [2.24, 2.45) is 0 Å². The molecule has 0 aromatic carbocycles. The summed E-state index contributed by atoms with van der Waals surface area (Å²) in [6.45, 7) is 8.42. The highest BCUT2D eigenvalue weighted by Gasteiger charge is 2.19. The van der Waals surface area contributed by atoms with Gasteiger partial charge < -0.3 is 10.6 Å². The van der Waals surface area contributed by atoms with Crippen molar-refractivity contribution in [2.45, 2.75) is 39.8 Å². The number of nitrogens with zero attached hydrogens (tertiary/aromatic N) is 2. The summed E-state index contributed by atoms with van der Waals surface area (Å²) in [5.41, 5.74) is 2.08. The van der Waals surface area contributed by atoms with Gasteiger partial charge in [-0.15, -0.1) is 11.3 Å². The van der Waals surface area contributed by atoms with E-state index in [0.29, 0.717) is 6.54 Å². The molecule has 0 bridgehead atoms. The molecule has 0 aliphatic rings. The van der Waals surface area contributed by atoms with Crippen molar-refractivity contribution < 1.29 is 4.79 Å². The van der Waals surface area contributed by atoms with E-state index in [4.69, 9.17) is 0 Å². The van der Waals surface area contributed by atoms with E-state index in [-0.39, 0.29) is 18.1 Å². The molecule has 2 aromatic heterocycles. The van der Waals surface area contributed by atoms with Crippen molar-refractivity contribution in [3.8, 4) is 0 Å². The number of hydrogen-bond donors (Lipinski definition) is 2. The molecule has 0 aliphatic carbocycles. The molecule has 0 saturated carbocycles. The molecule has 2 N–H and O–H groups in total. The standard InChI is InChI=1S/C15H22N4OS/c1-10(2)17-15(20)16-9-13(14-6-5-7-21-14)19-12(4)8-11(3)18-19/h5-8,10,13H,9H2,1-4H3,(H2,16,17,20). The fourth-order valence-corrected chi connectivity index (χ4v) is 3.06. The van der Waals surface area contributed by atoms with Crippen molar-refractivity contribution in [1.82, 2.24) is 20.4 Å². The molecular formula is C15H22N4OS. The molecule has 1 atom stereocenters. The molecule has 6 heteroatoms. The van der Waals surface area contributed by atoms with E-state index in [1.807, 2.05) is 43.8 Å². The molecule has 0 aliphatic heterocycles. The van der Waals surface area contributed by atoms with E-state index >= 15 is 0 Å². The van der Waals surface area contributed by atoms with E-state index in [1.54, 1.807) is 11.3 Å². The second-order valence-electron chi connectivity index (χ2n) is 5.41. The van der Waals surface area contributed by atoms with Crippen molar-refractivity contribution in [2.75, 3.05) is 6.54 Å². The van der Waals surface area contributed by atoms with Crippen molar-refractivity contribution in [3.63, 3.8) is 0 Å². The van der Waals surface area contributed by atoms with Gasteiger partial charge in [-0.3, -0.25) is 4.68 Å². The Morgan fingerprint density at radius 2 is 2.19 bits per heavy atom. The van der Waals surface area contributed by atoms with Gasteiger partial charge in [0.2, 0.25) is 0 Å². The monoisotopic (exact) mass is 306 g/mol. The van der Waals surface area contributed by atoms with E-state index in [1.165, 1.54) is 4.88 Å². The average Bonchev–Trinajstić information content (AvgIpc) is 3.00. The zero-order valence-corrected chi connectivity index (χ0v) is 13.7. The van der Waals surface area contributed by atoms with Gasteiger partial charge in [0.05, 0.1) is 5.69 Å².